The Bertz CT molecular complexity index is 1880. The van der Waals surface area contributed by atoms with Crippen molar-refractivity contribution in [3.63, 3.8) is 0 Å². The lowest BCUT2D eigenvalue weighted by Gasteiger charge is -2.38. The number of hydrogen-bond donors (Lipinski definition) is 0. The first-order chi connectivity index (χ1) is 23.7. The van der Waals surface area contributed by atoms with Gasteiger partial charge in [-0.2, -0.15) is 0 Å². The Morgan fingerprint density at radius 2 is 0.667 bits per heavy atom. The Balaban J connectivity index is 1.19. The first-order valence-electron chi connectivity index (χ1n) is 15.7. The van der Waals surface area contributed by atoms with Gasteiger partial charge >= 0.3 is 12.1 Å². The summed E-state index contributed by atoms with van der Waals surface area (Å²) < 4.78 is 0. The van der Waals surface area contributed by atoms with Crippen molar-refractivity contribution in [3.05, 3.63) is 158 Å². The molecule has 8 heteroatoms. The lowest BCUT2D eigenvalue weighted by molar-refractivity contribution is 0.250. The molecule has 8 rings (SSSR count). The molecule has 2 aliphatic rings. The van der Waals surface area contributed by atoms with Gasteiger partial charge < -0.3 is 0 Å². The Labute approximate surface area is 288 Å². The van der Waals surface area contributed by atoms with Crippen molar-refractivity contribution in [2.75, 3.05) is 32.7 Å². The number of rotatable bonds is 5. The van der Waals surface area contributed by atoms with Crippen molar-refractivity contribution in [2.45, 2.75) is 19.6 Å². The molecule has 2 heterocycles. The number of nitrogens with zero attached hydrogens (tertiary/aromatic N) is 4. The van der Waals surface area contributed by atoms with Crippen LogP contribution in [0.2, 0.25) is 0 Å². The monoisotopic (exact) mass is 662 g/mol. The zero-order valence-electron chi connectivity index (χ0n) is 25.8. The Morgan fingerprint density at radius 1 is 0.396 bits per heavy atom. The number of hydrogen-bond acceptors (Lipinski definition) is 4. The van der Waals surface area contributed by atoms with Crippen LogP contribution in [0.4, 0.5) is 43.7 Å². The molecule has 6 aromatic rings. The quantitative estimate of drug-likeness (QED) is 0.184. The van der Waals surface area contributed by atoms with Crippen LogP contribution < -0.4 is 19.6 Å². The largest absolute Gasteiger partial charge is 0.333 e. The van der Waals surface area contributed by atoms with Gasteiger partial charge in [-0.05, 0) is 72.8 Å². The van der Waals surface area contributed by atoms with Crippen LogP contribution in [0.15, 0.2) is 177 Å². The van der Waals surface area contributed by atoms with E-state index in [1.165, 1.54) is 0 Å². The Morgan fingerprint density at radius 3 is 0.979 bits per heavy atom. The van der Waals surface area contributed by atoms with E-state index in [1.807, 2.05) is 158 Å². The van der Waals surface area contributed by atoms with E-state index in [-0.39, 0.29) is 25.2 Å². The molecule has 4 amide bonds. The van der Waals surface area contributed by atoms with Crippen LogP contribution in [0.1, 0.15) is 0 Å². The van der Waals surface area contributed by atoms with Gasteiger partial charge in [0.25, 0.3) is 0 Å². The van der Waals surface area contributed by atoms with Crippen LogP contribution in [0, 0.1) is 0 Å². The van der Waals surface area contributed by atoms with Gasteiger partial charge in [-0.15, -0.1) is 0 Å². The summed E-state index contributed by atoms with van der Waals surface area (Å²) in [7, 11) is 0. The molecule has 0 saturated carbocycles. The Hall–Kier alpha value is -5.44. The molecule has 0 spiro atoms. The van der Waals surface area contributed by atoms with Crippen LogP contribution >= 0.6 is 23.5 Å². The van der Waals surface area contributed by atoms with Crippen molar-refractivity contribution in [2.24, 2.45) is 0 Å². The number of para-hydroxylation sites is 6. The van der Waals surface area contributed by atoms with Crippen LogP contribution in [0.3, 0.4) is 0 Å². The standard InChI is InChI=1S/C40H30N4O2S2/c45-39(43-31-19-7-11-23-35(31)47-36-24-12-8-20-32(36)43)41(29-15-3-1-4-16-29)27-28-42(30-17-5-2-6-18-30)40(46)44-33-21-9-13-25-37(33)48-38-26-14-10-22-34(38)44/h1-26H,27-28H2. The predicted molar refractivity (Wildman–Crippen MR) is 197 cm³/mol. The lowest BCUT2D eigenvalue weighted by atomic mass is 10.2. The molecule has 0 N–H and O–H groups in total. The summed E-state index contributed by atoms with van der Waals surface area (Å²) in [6.45, 7) is 0.507. The summed E-state index contributed by atoms with van der Waals surface area (Å²) in [6.07, 6.45) is 0. The minimum Gasteiger partial charge on any atom is -0.292 e. The fourth-order valence-corrected chi connectivity index (χ4v) is 8.26. The second-order valence-electron chi connectivity index (χ2n) is 11.3. The molecule has 0 bridgehead atoms. The number of carbonyl (C=O) groups excluding carboxylic acids is 2. The van der Waals surface area contributed by atoms with E-state index in [0.29, 0.717) is 0 Å². The van der Waals surface area contributed by atoms with Crippen LogP contribution in [-0.2, 0) is 0 Å². The van der Waals surface area contributed by atoms with E-state index >= 15 is 0 Å². The molecule has 0 fully saturated rings. The zero-order chi connectivity index (χ0) is 32.5. The maximum absolute atomic E-state index is 14.9. The van der Waals surface area contributed by atoms with Crippen LogP contribution in [0.5, 0.6) is 0 Å². The molecule has 0 aliphatic carbocycles. The summed E-state index contributed by atoms with van der Waals surface area (Å²) in [6, 6.07) is 51.0. The third-order valence-corrected chi connectivity index (χ3v) is 10.7. The number of benzene rings is 6. The number of fused-ring (bicyclic) bond motifs is 4. The first kappa shape index (κ1) is 29.9. The smallest absolute Gasteiger partial charge is 0.292 e. The van der Waals surface area contributed by atoms with Crippen molar-refractivity contribution in [1.82, 2.24) is 0 Å². The molecule has 0 atom stereocenters. The molecule has 6 aromatic carbocycles. The molecule has 48 heavy (non-hydrogen) atoms. The van der Waals surface area contributed by atoms with Crippen molar-refractivity contribution in [1.29, 1.82) is 0 Å². The zero-order valence-corrected chi connectivity index (χ0v) is 27.5. The highest BCUT2D eigenvalue weighted by Crippen LogP contribution is 2.50. The minimum atomic E-state index is -0.188. The van der Waals surface area contributed by atoms with Crippen LogP contribution in [-0.4, -0.2) is 25.2 Å². The number of urea groups is 2. The summed E-state index contributed by atoms with van der Waals surface area (Å²) in [4.78, 5) is 41.0. The Kier molecular flexibility index (Phi) is 8.10. The van der Waals surface area contributed by atoms with Gasteiger partial charge in [0.05, 0.1) is 22.7 Å². The highest BCUT2D eigenvalue weighted by Gasteiger charge is 2.35. The van der Waals surface area contributed by atoms with Crippen molar-refractivity contribution < 1.29 is 9.59 Å². The van der Waals surface area contributed by atoms with Gasteiger partial charge in [0.1, 0.15) is 0 Å². The molecule has 234 valence electrons. The minimum absolute atomic E-state index is 0.188. The van der Waals surface area contributed by atoms with E-state index in [4.69, 9.17) is 0 Å². The predicted octanol–water partition coefficient (Wildman–Crippen LogP) is 10.8. The summed E-state index contributed by atoms with van der Waals surface area (Å²) in [5.41, 5.74) is 4.84. The third kappa shape index (κ3) is 5.49. The molecular weight excluding hydrogens is 633 g/mol. The van der Waals surface area contributed by atoms with Gasteiger partial charge in [-0.25, -0.2) is 9.59 Å². The fraction of sp³-hybridized carbons (Fsp3) is 0.0500. The van der Waals surface area contributed by atoms with Crippen LogP contribution in [0.25, 0.3) is 0 Å². The van der Waals surface area contributed by atoms with Crippen molar-refractivity contribution >= 4 is 69.7 Å². The first-order valence-corrected chi connectivity index (χ1v) is 17.4. The number of carbonyl (C=O) groups is 2. The molecule has 0 unspecified atom stereocenters. The average molecular weight is 663 g/mol. The second kappa shape index (κ2) is 13.0. The number of amides is 4. The molecular formula is C40H30N4O2S2. The summed E-state index contributed by atoms with van der Waals surface area (Å²) in [5, 5.41) is 0. The van der Waals surface area contributed by atoms with E-state index < -0.39 is 0 Å². The maximum Gasteiger partial charge on any atom is 0.333 e. The number of anilines is 6. The highest BCUT2D eigenvalue weighted by atomic mass is 32.2. The molecule has 6 nitrogen and oxygen atoms in total. The maximum atomic E-state index is 14.9. The fourth-order valence-electron chi connectivity index (χ4n) is 6.15. The van der Waals surface area contributed by atoms with Gasteiger partial charge in [0.15, 0.2) is 0 Å². The molecule has 0 radical (unpaired) electrons. The van der Waals surface area contributed by atoms with Gasteiger partial charge in [-0.3, -0.25) is 19.6 Å². The van der Waals surface area contributed by atoms with E-state index in [1.54, 1.807) is 43.1 Å². The molecule has 0 saturated heterocycles. The topological polar surface area (TPSA) is 47.1 Å². The van der Waals surface area contributed by atoms with E-state index in [0.717, 1.165) is 53.7 Å². The van der Waals surface area contributed by atoms with E-state index in [9.17, 15) is 9.59 Å². The van der Waals surface area contributed by atoms with Gasteiger partial charge in [-0.1, -0.05) is 108 Å². The van der Waals surface area contributed by atoms with Gasteiger partial charge in [0, 0.05) is 44.0 Å². The SMILES string of the molecule is O=C(N(CCN(C(=O)N1c2ccccc2Sc2ccccc21)c1ccccc1)c1ccccc1)N1c2ccccc2Sc2ccccc21. The highest BCUT2D eigenvalue weighted by molar-refractivity contribution is 8.00. The average Bonchev–Trinajstić information content (AvgIpc) is 3.15. The summed E-state index contributed by atoms with van der Waals surface area (Å²) in [5.74, 6) is 0. The third-order valence-electron chi connectivity index (χ3n) is 8.39. The summed E-state index contributed by atoms with van der Waals surface area (Å²) >= 11 is 3.33. The second-order valence-corrected chi connectivity index (χ2v) is 13.5. The normalized spacial score (nSPS) is 12.7. The molecule has 0 aromatic heterocycles. The molecule has 2 aliphatic heterocycles. The lowest BCUT2D eigenvalue weighted by Crippen LogP contribution is -2.49. The van der Waals surface area contributed by atoms with Gasteiger partial charge in [0.2, 0.25) is 0 Å². The van der Waals surface area contributed by atoms with E-state index in [2.05, 4.69) is 0 Å². The van der Waals surface area contributed by atoms with Crippen molar-refractivity contribution in [3.8, 4) is 0 Å².